The van der Waals surface area contributed by atoms with Crippen LogP contribution in [0.5, 0.6) is 11.5 Å². The Kier molecular flexibility index (Phi) is 3.49. The predicted molar refractivity (Wildman–Crippen MR) is 60.9 cm³/mol. The van der Waals surface area contributed by atoms with E-state index in [1.54, 1.807) is 6.92 Å². The molecule has 0 fully saturated rings. The maximum absolute atomic E-state index is 11.2. The summed E-state index contributed by atoms with van der Waals surface area (Å²) in [7, 11) is 1.37. The first kappa shape index (κ1) is 11.7. The van der Waals surface area contributed by atoms with Crippen molar-refractivity contribution in [1.82, 2.24) is 5.32 Å². The Morgan fingerprint density at radius 1 is 1.53 bits per heavy atom. The highest BCUT2D eigenvalue weighted by molar-refractivity contribution is 5.75. The van der Waals surface area contributed by atoms with Crippen LogP contribution >= 0.6 is 0 Å². The van der Waals surface area contributed by atoms with E-state index in [9.17, 15) is 4.79 Å². The molecule has 1 atom stereocenters. The molecule has 2 rings (SSSR count). The van der Waals surface area contributed by atoms with Crippen LogP contribution in [0.15, 0.2) is 18.2 Å². The lowest BCUT2D eigenvalue weighted by Crippen LogP contribution is -2.34. The minimum absolute atomic E-state index is 0.249. The van der Waals surface area contributed by atoms with Crippen LogP contribution in [-0.2, 0) is 16.1 Å². The minimum Gasteiger partial charge on any atom is -0.468 e. The van der Waals surface area contributed by atoms with Gasteiger partial charge < -0.3 is 19.5 Å². The van der Waals surface area contributed by atoms with E-state index in [0.29, 0.717) is 6.54 Å². The lowest BCUT2D eigenvalue weighted by molar-refractivity contribution is -0.142. The van der Waals surface area contributed by atoms with Gasteiger partial charge in [-0.25, -0.2) is 0 Å². The highest BCUT2D eigenvalue weighted by atomic mass is 16.7. The molecule has 1 heterocycles. The third-order valence-electron chi connectivity index (χ3n) is 2.63. The molecule has 0 aromatic heterocycles. The van der Waals surface area contributed by atoms with Crippen LogP contribution in [0.2, 0.25) is 0 Å². The number of ether oxygens (including phenoxy) is 3. The molecule has 1 aliphatic heterocycles. The molecule has 5 nitrogen and oxygen atoms in total. The molecule has 17 heavy (non-hydrogen) atoms. The van der Waals surface area contributed by atoms with Crippen LogP contribution in [0, 0.1) is 0 Å². The first-order valence-corrected chi connectivity index (χ1v) is 5.41. The number of esters is 1. The Labute approximate surface area is 99.7 Å². The van der Waals surface area contributed by atoms with Crippen LogP contribution in [0.1, 0.15) is 12.5 Å². The molecule has 92 valence electrons. The minimum atomic E-state index is -0.349. The third kappa shape index (κ3) is 2.50. The molecular weight excluding hydrogens is 222 g/mol. The number of carbonyl (C=O) groups excluding carboxylic acids is 1. The summed E-state index contributed by atoms with van der Waals surface area (Å²) in [6, 6.07) is 5.34. The average molecular weight is 237 g/mol. The third-order valence-corrected chi connectivity index (χ3v) is 2.63. The number of fused-ring (bicyclic) bond motifs is 1. The van der Waals surface area contributed by atoms with Crippen LogP contribution in [0.4, 0.5) is 0 Å². The number of hydrogen-bond donors (Lipinski definition) is 1. The van der Waals surface area contributed by atoms with Crippen molar-refractivity contribution >= 4 is 5.97 Å². The van der Waals surface area contributed by atoms with Gasteiger partial charge in [0.2, 0.25) is 6.79 Å². The molecule has 0 spiro atoms. The van der Waals surface area contributed by atoms with E-state index < -0.39 is 0 Å². The van der Waals surface area contributed by atoms with E-state index >= 15 is 0 Å². The summed E-state index contributed by atoms with van der Waals surface area (Å²) in [5.41, 5.74) is 0.968. The van der Waals surface area contributed by atoms with Gasteiger partial charge in [0.1, 0.15) is 6.04 Å². The van der Waals surface area contributed by atoms with Crippen LogP contribution in [-0.4, -0.2) is 25.9 Å². The largest absolute Gasteiger partial charge is 0.468 e. The van der Waals surface area contributed by atoms with E-state index in [-0.39, 0.29) is 18.8 Å². The van der Waals surface area contributed by atoms with Crippen molar-refractivity contribution in [3.63, 3.8) is 0 Å². The van der Waals surface area contributed by atoms with Crippen molar-refractivity contribution < 1.29 is 19.0 Å². The van der Waals surface area contributed by atoms with Crippen molar-refractivity contribution in [1.29, 1.82) is 0 Å². The molecule has 0 saturated carbocycles. The lowest BCUT2D eigenvalue weighted by Gasteiger charge is -2.12. The Hall–Kier alpha value is -1.75. The maximum Gasteiger partial charge on any atom is 0.322 e. The second-order valence-electron chi connectivity index (χ2n) is 3.78. The molecule has 1 N–H and O–H groups in total. The van der Waals surface area contributed by atoms with Gasteiger partial charge in [-0.1, -0.05) is 12.1 Å². The van der Waals surface area contributed by atoms with Gasteiger partial charge in [0.15, 0.2) is 11.5 Å². The number of para-hydroxylation sites is 1. The van der Waals surface area contributed by atoms with E-state index in [1.807, 2.05) is 18.2 Å². The quantitative estimate of drug-likeness (QED) is 0.794. The topological polar surface area (TPSA) is 56.8 Å². The van der Waals surface area contributed by atoms with Gasteiger partial charge in [-0.05, 0) is 13.0 Å². The number of rotatable bonds is 4. The molecule has 0 radical (unpaired) electrons. The number of benzene rings is 1. The van der Waals surface area contributed by atoms with Gasteiger partial charge in [-0.3, -0.25) is 4.79 Å². The van der Waals surface area contributed by atoms with E-state index in [0.717, 1.165) is 17.1 Å². The smallest absolute Gasteiger partial charge is 0.322 e. The highest BCUT2D eigenvalue weighted by Gasteiger charge is 2.18. The standard InChI is InChI=1S/C12H15NO4/c1-8(12(14)15-2)13-6-9-4-3-5-10-11(9)17-7-16-10/h3-5,8,13H,6-7H2,1-2H3. The number of carbonyl (C=O) groups is 1. The SMILES string of the molecule is COC(=O)C(C)NCc1cccc2c1OCO2. The zero-order valence-electron chi connectivity index (χ0n) is 9.86. The predicted octanol–water partition coefficient (Wildman–Crippen LogP) is 1.07. The molecule has 0 bridgehead atoms. The highest BCUT2D eigenvalue weighted by Crippen LogP contribution is 2.35. The van der Waals surface area contributed by atoms with Gasteiger partial charge >= 0.3 is 5.97 Å². The van der Waals surface area contributed by atoms with Crippen molar-refractivity contribution in [2.24, 2.45) is 0 Å². The normalized spacial score (nSPS) is 14.5. The molecule has 5 heteroatoms. The Morgan fingerprint density at radius 2 is 2.35 bits per heavy atom. The average Bonchev–Trinajstić information content (AvgIpc) is 2.83. The first-order valence-electron chi connectivity index (χ1n) is 5.41. The summed E-state index contributed by atoms with van der Waals surface area (Å²) < 4.78 is 15.3. The second kappa shape index (κ2) is 5.05. The molecular formula is C12H15NO4. The van der Waals surface area contributed by atoms with Gasteiger partial charge in [-0.15, -0.1) is 0 Å². The zero-order chi connectivity index (χ0) is 12.3. The molecule has 0 aliphatic carbocycles. The summed E-state index contributed by atoms with van der Waals surface area (Å²) in [6.07, 6.45) is 0. The molecule has 0 saturated heterocycles. The number of methoxy groups -OCH3 is 1. The van der Waals surface area contributed by atoms with E-state index in [4.69, 9.17) is 9.47 Å². The van der Waals surface area contributed by atoms with Crippen LogP contribution in [0.25, 0.3) is 0 Å². The van der Waals surface area contributed by atoms with Gasteiger partial charge in [0, 0.05) is 12.1 Å². The van der Waals surface area contributed by atoms with Gasteiger partial charge in [0.05, 0.1) is 7.11 Å². The van der Waals surface area contributed by atoms with Gasteiger partial charge in [0.25, 0.3) is 0 Å². The number of nitrogens with one attached hydrogen (secondary N) is 1. The van der Waals surface area contributed by atoms with Crippen LogP contribution < -0.4 is 14.8 Å². The first-order chi connectivity index (χ1) is 8.22. The van der Waals surface area contributed by atoms with E-state index in [1.165, 1.54) is 7.11 Å². The summed E-state index contributed by atoms with van der Waals surface area (Å²) in [6.45, 7) is 2.54. The summed E-state index contributed by atoms with van der Waals surface area (Å²) >= 11 is 0. The summed E-state index contributed by atoms with van der Waals surface area (Å²) in [4.78, 5) is 11.2. The maximum atomic E-state index is 11.2. The zero-order valence-corrected chi connectivity index (χ0v) is 9.86. The number of hydrogen-bond acceptors (Lipinski definition) is 5. The molecule has 1 aliphatic rings. The van der Waals surface area contributed by atoms with Crippen LogP contribution in [0.3, 0.4) is 0 Å². The van der Waals surface area contributed by atoms with Crippen molar-refractivity contribution in [2.75, 3.05) is 13.9 Å². The molecule has 0 amide bonds. The van der Waals surface area contributed by atoms with Crippen molar-refractivity contribution in [2.45, 2.75) is 19.5 Å². The molecule has 1 aromatic rings. The monoisotopic (exact) mass is 237 g/mol. The molecule has 1 unspecified atom stereocenters. The Morgan fingerprint density at radius 3 is 3.12 bits per heavy atom. The molecule has 1 aromatic carbocycles. The fraction of sp³-hybridized carbons (Fsp3) is 0.417. The lowest BCUT2D eigenvalue weighted by atomic mass is 10.1. The Bertz CT molecular complexity index is 419. The van der Waals surface area contributed by atoms with Gasteiger partial charge in [-0.2, -0.15) is 0 Å². The fourth-order valence-electron chi connectivity index (χ4n) is 1.65. The fourth-order valence-corrected chi connectivity index (χ4v) is 1.65. The van der Waals surface area contributed by atoms with Crippen molar-refractivity contribution in [3.8, 4) is 11.5 Å². The van der Waals surface area contributed by atoms with E-state index in [2.05, 4.69) is 10.1 Å². The van der Waals surface area contributed by atoms with Crippen molar-refractivity contribution in [3.05, 3.63) is 23.8 Å². The second-order valence-corrected chi connectivity index (χ2v) is 3.78. The summed E-state index contributed by atoms with van der Waals surface area (Å²) in [5, 5.41) is 3.07. The Balaban J connectivity index is 2.00. The summed E-state index contributed by atoms with van der Waals surface area (Å²) in [5.74, 6) is 1.21.